The molecule has 0 unspecified atom stereocenters. The Morgan fingerprint density at radius 3 is 1.75 bits per heavy atom. The second-order valence-corrected chi connectivity index (χ2v) is 18.5. The molecule has 0 saturated carbocycles. The van der Waals surface area contributed by atoms with Crippen molar-refractivity contribution in [3.8, 4) is 44.9 Å². The first-order valence-electron chi connectivity index (χ1n) is 22.3. The van der Waals surface area contributed by atoms with Crippen LogP contribution in [0.5, 0.6) is 11.5 Å². The molecule has 0 fully saturated rings. The summed E-state index contributed by atoms with van der Waals surface area (Å²) in [7, 11) is 0. The lowest BCUT2D eigenvalue weighted by atomic mass is 9.87. The summed E-state index contributed by atoms with van der Waals surface area (Å²) in [4.78, 5) is 12.3. The minimum atomic E-state index is -0.0435. The third-order valence-electron chi connectivity index (χ3n) is 12.6. The van der Waals surface area contributed by atoms with Gasteiger partial charge in [-0.1, -0.05) is 139 Å². The van der Waals surface area contributed by atoms with Gasteiger partial charge in [0.1, 0.15) is 24.0 Å². The number of aromatic nitrogens is 1. The van der Waals surface area contributed by atoms with Gasteiger partial charge >= 0.3 is 0 Å². The molecular weight excluding hydrogens is 769 g/mol. The Labute approximate surface area is 372 Å². The van der Waals surface area contributed by atoms with Crippen molar-refractivity contribution >= 4 is 39.9 Å². The summed E-state index contributed by atoms with van der Waals surface area (Å²) in [6.07, 6.45) is 1.94. The first-order valence-corrected chi connectivity index (χ1v) is 22.3. The standard InChI is InChI=1S/C58H54N4O/c1-38(2)50-32-41(40-18-9-8-10-19-40)33-51(39(3)4)57(50)61-37-60(53-26-15-16-27-54(53)61)43-20-17-21-44(35-43)63-45-28-29-49-47-23-12-11-22-46(47)48-24-13-14-25-52(48)62(55(49)36-45)56-34-42(30-31-59-56)58(5,6)7/h8-36,38-39H,37H2,1-7H3. The predicted molar refractivity (Wildman–Crippen MR) is 264 cm³/mol. The van der Waals surface area contributed by atoms with Crippen LogP contribution >= 0.6 is 0 Å². The molecule has 5 nitrogen and oxygen atoms in total. The normalized spacial score (nSPS) is 13.1. The molecule has 8 aromatic rings. The topological polar surface area (TPSA) is 31.8 Å². The van der Waals surface area contributed by atoms with Crippen molar-refractivity contribution in [3.05, 3.63) is 193 Å². The number of benzene rings is 7. The Kier molecular flexibility index (Phi) is 10.1. The van der Waals surface area contributed by atoms with Crippen LogP contribution in [0.3, 0.4) is 0 Å². The van der Waals surface area contributed by atoms with Crippen LogP contribution in [0.4, 0.5) is 39.9 Å². The van der Waals surface area contributed by atoms with Gasteiger partial charge in [0, 0.05) is 40.8 Å². The van der Waals surface area contributed by atoms with Gasteiger partial charge in [-0.3, -0.25) is 4.90 Å². The molecule has 0 amide bonds. The Balaban J connectivity index is 1.04. The summed E-state index contributed by atoms with van der Waals surface area (Å²) in [5.74, 6) is 3.06. The fraction of sp³-hybridized carbons (Fsp3) is 0.190. The minimum absolute atomic E-state index is 0.0435. The molecular formula is C58H54N4O. The van der Waals surface area contributed by atoms with E-state index in [0.29, 0.717) is 18.5 Å². The van der Waals surface area contributed by atoms with Gasteiger partial charge in [0.15, 0.2) is 0 Å². The van der Waals surface area contributed by atoms with E-state index >= 15 is 0 Å². The highest BCUT2D eigenvalue weighted by Crippen LogP contribution is 2.53. The smallest absolute Gasteiger partial charge is 0.137 e. The molecule has 0 saturated heterocycles. The molecule has 312 valence electrons. The van der Waals surface area contributed by atoms with Gasteiger partial charge in [-0.05, 0) is 123 Å². The summed E-state index contributed by atoms with van der Waals surface area (Å²) >= 11 is 0. The first-order chi connectivity index (χ1) is 30.5. The molecule has 2 aliphatic heterocycles. The average molecular weight is 823 g/mol. The van der Waals surface area contributed by atoms with E-state index in [0.717, 1.165) is 45.5 Å². The van der Waals surface area contributed by atoms with E-state index in [1.807, 2.05) is 6.20 Å². The van der Waals surface area contributed by atoms with Crippen LogP contribution < -0.4 is 19.4 Å². The molecule has 3 heterocycles. The SMILES string of the molecule is CC(C)c1cc(-c2ccccc2)cc(C(C)C)c1N1CN(c2cccc(Oc3ccc4c(c3)N(c3cc(C(C)(C)C)ccn3)c3ccccc3-c3ccccc3-4)c2)c2ccccc21. The quantitative estimate of drug-likeness (QED) is 0.152. The average Bonchev–Trinajstić information content (AvgIpc) is 3.63. The van der Waals surface area contributed by atoms with Crippen molar-refractivity contribution in [2.45, 2.75) is 65.7 Å². The molecule has 0 atom stereocenters. The van der Waals surface area contributed by atoms with Crippen LogP contribution in [-0.2, 0) is 5.41 Å². The summed E-state index contributed by atoms with van der Waals surface area (Å²) in [5.41, 5.74) is 17.9. The number of hydrogen-bond acceptors (Lipinski definition) is 5. The largest absolute Gasteiger partial charge is 0.457 e. The van der Waals surface area contributed by atoms with Crippen LogP contribution in [0.15, 0.2) is 176 Å². The van der Waals surface area contributed by atoms with Crippen molar-refractivity contribution < 1.29 is 4.74 Å². The zero-order valence-corrected chi connectivity index (χ0v) is 37.3. The Bertz CT molecular complexity index is 2950. The molecule has 0 N–H and O–H groups in total. The third-order valence-corrected chi connectivity index (χ3v) is 12.6. The maximum atomic E-state index is 6.89. The molecule has 5 heteroatoms. The van der Waals surface area contributed by atoms with Crippen molar-refractivity contribution in [1.82, 2.24) is 4.98 Å². The third kappa shape index (κ3) is 7.31. The monoisotopic (exact) mass is 822 g/mol. The lowest BCUT2D eigenvalue weighted by Gasteiger charge is -2.30. The van der Waals surface area contributed by atoms with Crippen LogP contribution in [0, 0.1) is 0 Å². The van der Waals surface area contributed by atoms with E-state index in [1.165, 1.54) is 56.0 Å². The molecule has 2 aliphatic rings. The van der Waals surface area contributed by atoms with Gasteiger partial charge in [0.05, 0.1) is 22.7 Å². The number of fused-ring (bicyclic) bond motifs is 6. The number of anilines is 7. The zero-order valence-electron chi connectivity index (χ0n) is 37.3. The summed E-state index contributed by atoms with van der Waals surface area (Å²) < 4.78 is 6.89. The van der Waals surface area contributed by atoms with E-state index in [4.69, 9.17) is 9.72 Å². The molecule has 63 heavy (non-hydrogen) atoms. The number of pyridine rings is 1. The predicted octanol–water partition coefficient (Wildman–Crippen LogP) is 16.4. The van der Waals surface area contributed by atoms with Gasteiger partial charge in [-0.15, -0.1) is 0 Å². The molecule has 0 aliphatic carbocycles. The maximum Gasteiger partial charge on any atom is 0.137 e. The van der Waals surface area contributed by atoms with E-state index in [2.05, 4.69) is 233 Å². The Hall–Kier alpha value is -7.11. The zero-order chi connectivity index (χ0) is 43.4. The van der Waals surface area contributed by atoms with E-state index in [9.17, 15) is 0 Å². The number of para-hydroxylation sites is 3. The van der Waals surface area contributed by atoms with Gasteiger partial charge in [-0.2, -0.15) is 0 Å². The fourth-order valence-corrected chi connectivity index (χ4v) is 9.37. The summed E-state index contributed by atoms with van der Waals surface area (Å²) in [5, 5.41) is 0. The van der Waals surface area contributed by atoms with E-state index in [1.54, 1.807) is 0 Å². The highest BCUT2D eigenvalue weighted by atomic mass is 16.5. The van der Waals surface area contributed by atoms with Crippen LogP contribution in [0.2, 0.25) is 0 Å². The summed E-state index contributed by atoms with van der Waals surface area (Å²) in [6, 6.07) is 61.1. The van der Waals surface area contributed by atoms with Crippen molar-refractivity contribution in [3.63, 3.8) is 0 Å². The van der Waals surface area contributed by atoms with Crippen molar-refractivity contribution in [2.75, 3.05) is 21.4 Å². The van der Waals surface area contributed by atoms with Crippen LogP contribution in [0.25, 0.3) is 33.4 Å². The second-order valence-electron chi connectivity index (χ2n) is 18.5. The molecule has 1 aromatic heterocycles. The number of nitrogens with zero attached hydrogens (tertiary/aromatic N) is 4. The highest BCUT2D eigenvalue weighted by Gasteiger charge is 2.33. The fourth-order valence-electron chi connectivity index (χ4n) is 9.37. The Morgan fingerprint density at radius 1 is 0.492 bits per heavy atom. The van der Waals surface area contributed by atoms with Gasteiger partial charge in [0.25, 0.3) is 0 Å². The lowest BCUT2D eigenvalue weighted by molar-refractivity contribution is 0.483. The maximum absolute atomic E-state index is 6.89. The van der Waals surface area contributed by atoms with E-state index < -0.39 is 0 Å². The van der Waals surface area contributed by atoms with E-state index in [-0.39, 0.29) is 5.41 Å². The summed E-state index contributed by atoms with van der Waals surface area (Å²) in [6.45, 7) is 16.7. The molecule has 0 bridgehead atoms. The van der Waals surface area contributed by atoms with Crippen molar-refractivity contribution in [1.29, 1.82) is 0 Å². The van der Waals surface area contributed by atoms with Gasteiger partial charge < -0.3 is 14.5 Å². The van der Waals surface area contributed by atoms with Crippen molar-refractivity contribution in [2.24, 2.45) is 0 Å². The first kappa shape index (κ1) is 40.0. The molecule has 7 aromatic carbocycles. The Morgan fingerprint density at radius 2 is 1.08 bits per heavy atom. The van der Waals surface area contributed by atoms with Gasteiger partial charge in [0.2, 0.25) is 0 Å². The van der Waals surface area contributed by atoms with Gasteiger partial charge in [-0.25, -0.2) is 4.98 Å². The lowest BCUT2D eigenvalue weighted by Crippen LogP contribution is -2.26. The number of ether oxygens (including phenoxy) is 1. The second kappa shape index (κ2) is 16.0. The minimum Gasteiger partial charge on any atom is -0.457 e. The van der Waals surface area contributed by atoms with Crippen LogP contribution in [-0.4, -0.2) is 11.7 Å². The van der Waals surface area contributed by atoms with Crippen LogP contribution in [0.1, 0.15) is 77.0 Å². The molecule has 10 rings (SSSR count). The highest BCUT2D eigenvalue weighted by molar-refractivity contribution is 6.02. The molecule has 0 spiro atoms. The number of rotatable bonds is 8. The molecule has 0 radical (unpaired) electrons. The number of hydrogen-bond donors (Lipinski definition) is 0.